The van der Waals surface area contributed by atoms with E-state index in [0.717, 1.165) is 27.3 Å². The van der Waals surface area contributed by atoms with E-state index in [0.29, 0.717) is 43.3 Å². The van der Waals surface area contributed by atoms with Crippen molar-refractivity contribution in [3.05, 3.63) is 76.9 Å². The number of amides is 1. The Morgan fingerprint density at radius 1 is 1.03 bits per heavy atom. The summed E-state index contributed by atoms with van der Waals surface area (Å²) in [6.45, 7) is 5.09. The van der Waals surface area contributed by atoms with Crippen LogP contribution < -0.4 is 15.1 Å². The van der Waals surface area contributed by atoms with E-state index in [1.54, 1.807) is 18.6 Å². The van der Waals surface area contributed by atoms with Crippen LogP contribution in [0.25, 0.3) is 10.2 Å². The number of piperazine rings is 1. The molecule has 0 radical (unpaired) electrons. The molecule has 3 aromatic heterocycles. The molecule has 1 aliphatic rings. The molecule has 0 unspecified atom stereocenters. The molecule has 33 heavy (non-hydrogen) atoms. The third-order valence-electron chi connectivity index (χ3n) is 5.84. The number of aromatic nitrogens is 3. The van der Waals surface area contributed by atoms with Crippen molar-refractivity contribution < 1.29 is 9.18 Å². The van der Waals surface area contributed by atoms with Crippen molar-refractivity contribution in [2.75, 3.05) is 36.0 Å². The summed E-state index contributed by atoms with van der Waals surface area (Å²) < 4.78 is 14.2. The Kier molecular flexibility index (Phi) is 5.87. The van der Waals surface area contributed by atoms with Crippen LogP contribution in [0.2, 0.25) is 0 Å². The molecule has 1 amide bonds. The van der Waals surface area contributed by atoms with Crippen molar-refractivity contribution in [2.24, 2.45) is 0 Å². The van der Waals surface area contributed by atoms with E-state index in [1.807, 2.05) is 37.3 Å². The first-order valence-electron chi connectivity index (χ1n) is 10.8. The maximum Gasteiger partial charge on any atom is 0.262 e. The number of pyridine rings is 1. The average molecular weight is 463 g/mol. The summed E-state index contributed by atoms with van der Waals surface area (Å²) in [5.74, 6) is 0.479. The second-order valence-electron chi connectivity index (χ2n) is 7.86. The Morgan fingerprint density at radius 2 is 1.79 bits per heavy atom. The molecule has 4 aromatic rings. The summed E-state index contributed by atoms with van der Waals surface area (Å²) in [6.07, 6.45) is 3.26. The van der Waals surface area contributed by atoms with E-state index >= 15 is 0 Å². The lowest BCUT2D eigenvalue weighted by molar-refractivity contribution is 0.0954. The third kappa shape index (κ3) is 4.23. The van der Waals surface area contributed by atoms with Crippen molar-refractivity contribution in [3.63, 3.8) is 0 Å². The molecule has 0 aliphatic carbocycles. The number of halogens is 1. The highest BCUT2D eigenvalue weighted by Crippen LogP contribution is 2.35. The summed E-state index contributed by atoms with van der Waals surface area (Å²) in [6, 6.07) is 12.5. The van der Waals surface area contributed by atoms with Crippen LogP contribution in [0.1, 0.15) is 20.9 Å². The van der Waals surface area contributed by atoms with Crippen LogP contribution in [0.4, 0.5) is 15.9 Å². The first-order valence-corrected chi connectivity index (χ1v) is 11.6. The standard InChI is InChI=1S/C24H23FN6OS/c1-16-20-22(31-12-10-30(11-13-31)19-8-3-2-7-18(19)25)28-15-29-24(20)33-21(16)23(32)27-14-17-6-4-5-9-26-17/h2-9,15H,10-14H2,1H3,(H,27,32). The zero-order valence-corrected chi connectivity index (χ0v) is 19.0. The fourth-order valence-electron chi connectivity index (χ4n) is 4.13. The normalized spacial score (nSPS) is 14.0. The van der Waals surface area contributed by atoms with E-state index in [2.05, 4.69) is 30.1 Å². The largest absolute Gasteiger partial charge is 0.366 e. The maximum atomic E-state index is 14.2. The summed E-state index contributed by atoms with van der Waals surface area (Å²) in [5.41, 5.74) is 2.31. The van der Waals surface area contributed by atoms with Gasteiger partial charge >= 0.3 is 0 Å². The highest BCUT2D eigenvalue weighted by molar-refractivity contribution is 7.20. The zero-order valence-electron chi connectivity index (χ0n) is 18.2. The van der Waals surface area contributed by atoms with Gasteiger partial charge < -0.3 is 15.1 Å². The molecule has 9 heteroatoms. The quantitative estimate of drug-likeness (QED) is 0.487. The van der Waals surface area contributed by atoms with Gasteiger partial charge in [0.15, 0.2) is 0 Å². The first kappa shape index (κ1) is 21.3. The third-order valence-corrected chi connectivity index (χ3v) is 7.04. The maximum absolute atomic E-state index is 14.2. The van der Waals surface area contributed by atoms with Crippen molar-refractivity contribution in [2.45, 2.75) is 13.5 Å². The number of rotatable bonds is 5. The van der Waals surface area contributed by atoms with Crippen LogP contribution in [-0.4, -0.2) is 47.0 Å². The van der Waals surface area contributed by atoms with Gasteiger partial charge in [0, 0.05) is 32.4 Å². The molecule has 4 heterocycles. The minimum absolute atomic E-state index is 0.142. The Morgan fingerprint density at radius 3 is 2.55 bits per heavy atom. The predicted octanol–water partition coefficient (Wildman–Crippen LogP) is 3.79. The van der Waals surface area contributed by atoms with E-state index < -0.39 is 0 Å². The van der Waals surface area contributed by atoms with Gasteiger partial charge in [-0.15, -0.1) is 11.3 Å². The van der Waals surface area contributed by atoms with Crippen LogP contribution >= 0.6 is 11.3 Å². The highest BCUT2D eigenvalue weighted by Gasteiger charge is 2.25. The van der Waals surface area contributed by atoms with Gasteiger partial charge in [-0.05, 0) is 36.8 Å². The lowest BCUT2D eigenvalue weighted by Gasteiger charge is -2.37. The molecule has 0 saturated carbocycles. The summed E-state index contributed by atoms with van der Waals surface area (Å²) >= 11 is 1.37. The van der Waals surface area contributed by atoms with Crippen LogP contribution in [0.15, 0.2) is 55.0 Å². The van der Waals surface area contributed by atoms with Crippen LogP contribution in [0.5, 0.6) is 0 Å². The number of nitrogens with zero attached hydrogens (tertiary/aromatic N) is 5. The number of aryl methyl sites for hydroxylation is 1. The summed E-state index contributed by atoms with van der Waals surface area (Å²) in [7, 11) is 0. The first-order chi connectivity index (χ1) is 16.1. The van der Waals surface area contributed by atoms with Crippen molar-refractivity contribution >= 4 is 39.0 Å². The summed E-state index contributed by atoms with van der Waals surface area (Å²) in [4.78, 5) is 31.8. The van der Waals surface area contributed by atoms with Gasteiger partial charge in [0.25, 0.3) is 5.91 Å². The molecule has 1 aromatic carbocycles. The Bertz CT molecular complexity index is 1290. The fraction of sp³-hybridized carbons (Fsp3) is 0.250. The molecule has 0 spiro atoms. The second kappa shape index (κ2) is 9.11. The number of carbonyl (C=O) groups excluding carboxylic acids is 1. The van der Waals surface area contributed by atoms with Gasteiger partial charge in [0.05, 0.1) is 28.2 Å². The lowest BCUT2D eigenvalue weighted by atomic mass is 10.1. The van der Waals surface area contributed by atoms with Crippen molar-refractivity contribution in [1.82, 2.24) is 20.3 Å². The van der Waals surface area contributed by atoms with Crippen LogP contribution in [0, 0.1) is 12.7 Å². The second-order valence-corrected chi connectivity index (χ2v) is 8.86. The molecule has 0 bridgehead atoms. The number of fused-ring (bicyclic) bond motifs is 1. The molecule has 1 aliphatic heterocycles. The van der Waals surface area contributed by atoms with E-state index in [9.17, 15) is 9.18 Å². The van der Waals surface area contributed by atoms with Gasteiger partial charge in [0.2, 0.25) is 0 Å². The molecule has 1 saturated heterocycles. The number of carbonyl (C=O) groups is 1. The number of para-hydroxylation sites is 1. The Hall–Kier alpha value is -3.59. The molecule has 1 fully saturated rings. The molecule has 168 valence electrons. The lowest BCUT2D eigenvalue weighted by Crippen LogP contribution is -2.47. The van der Waals surface area contributed by atoms with Gasteiger partial charge in [-0.3, -0.25) is 9.78 Å². The minimum atomic E-state index is -0.203. The number of hydrogen-bond donors (Lipinski definition) is 1. The molecule has 0 atom stereocenters. The Balaban J connectivity index is 1.35. The SMILES string of the molecule is Cc1c(C(=O)NCc2ccccn2)sc2ncnc(N3CCN(c4ccccc4F)CC3)c12. The number of benzene rings is 1. The predicted molar refractivity (Wildman–Crippen MR) is 128 cm³/mol. The zero-order chi connectivity index (χ0) is 22.8. The summed E-state index contributed by atoms with van der Waals surface area (Å²) in [5, 5.41) is 3.86. The van der Waals surface area contributed by atoms with Gasteiger partial charge in [-0.2, -0.15) is 0 Å². The number of thiophene rings is 1. The molecule has 1 N–H and O–H groups in total. The molecular weight excluding hydrogens is 439 g/mol. The minimum Gasteiger partial charge on any atom is -0.366 e. The number of hydrogen-bond acceptors (Lipinski definition) is 7. The molecule has 5 rings (SSSR count). The number of anilines is 2. The Labute approximate surface area is 194 Å². The van der Waals surface area contributed by atoms with E-state index in [1.165, 1.54) is 17.4 Å². The van der Waals surface area contributed by atoms with E-state index in [-0.39, 0.29) is 11.7 Å². The monoisotopic (exact) mass is 462 g/mol. The molecule has 7 nitrogen and oxygen atoms in total. The van der Waals surface area contributed by atoms with E-state index in [4.69, 9.17) is 0 Å². The van der Waals surface area contributed by atoms with Gasteiger partial charge in [-0.25, -0.2) is 14.4 Å². The number of nitrogens with one attached hydrogen (secondary N) is 1. The smallest absolute Gasteiger partial charge is 0.262 e. The topological polar surface area (TPSA) is 74.2 Å². The van der Waals surface area contributed by atoms with Crippen LogP contribution in [0.3, 0.4) is 0 Å². The average Bonchev–Trinajstić information content (AvgIpc) is 3.20. The van der Waals surface area contributed by atoms with Crippen molar-refractivity contribution in [3.8, 4) is 0 Å². The molecular formula is C24H23FN6OS. The van der Waals surface area contributed by atoms with Gasteiger partial charge in [0.1, 0.15) is 22.8 Å². The fourth-order valence-corrected chi connectivity index (χ4v) is 5.19. The van der Waals surface area contributed by atoms with Crippen LogP contribution in [-0.2, 0) is 6.54 Å². The van der Waals surface area contributed by atoms with Gasteiger partial charge in [-0.1, -0.05) is 18.2 Å². The highest BCUT2D eigenvalue weighted by atomic mass is 32.1. The van der Waals surface area contributed by atoms with Crippen molar-refractivity contribution in [1.29, 1.82) is 0 Å².